The van der Waals surface area contributed by atoms with E-state index >= 15 is 0 Å². The fourth-order valence-corrected chi connectivity index (χ4v) is 4.16. The van der Waals surface area contributed by atoms with Crippen LogP contribution in [0.4, 0.5) is 0 Å². The van der Waals surface area contributed by atoms with Crippen molar-refractivity contribution in [2.75, 3.05) is 6.61 Å². The highest BCUT2D eigenvalue weighted by molar-refractivity contribution is 7.10. The summed E-state index contributed by atoms with van der Waals surface area (Å²) in [6.45, 7) is 0.842. The smallest absolute Gasteiger partial charge is 0.0876 e. The Hall–Kier alpha value is -0.840. The molecule has 2 unspecified atom stereocenters. The Bertz CT molecular complexity index is 441. The van der Waals surface area contributed by atoms with Crippen LogP contribution >= 0.6 is 11.3 Å². The molecule has 3 rings (SSSR count). The lowest BCUT2D eigenvalue weighted by atomic mass is 9.79. The number of ether oxygens (including phenoxy) is 1. The molecule has 0 radical (unpaired) electrons. The zero-order valence-electron chi connectivity index (χ0n) is 10.5. The van der Waals surface area contributed by atoms with Gasteiger partial charge >= 0.3 is 0 Å². The number of aryl methyl sites for hydroxylation is 1. The summed E-state index contributed by atoms with van der Waals surface area (Å²) in [5.74, 6) is 6.33. The molecule has 2 heterocycles. The number of hydrogen-bond donors (Lipinski definition) is 2. The van der Waals surface area contributed by atoms with Gasteiger partial charge in [0.25, 0.3) is 0 Å². The van der Waals surface area contributed by atoms with Crippen LogP contribution in [0.15, 0.2) is 23.3 Å². The molecule has 3 nitrogen and oxygen atoms in total. The van der Waals surface area contributed by atoms with Gasteiger partial charge in [0.1, 0.15) is 0 Å². The van der Waals surface area contributed by atoms with Gasteiger partial charge < -0.3 is 4.74 Å². The number of fused-ring (bicyclic) bond motifs is 1. The number of rotatable bonds is 3. The van der Waals surface area contributed by atoms with E-state index in [0.717, 1.165) is 19.4 Å². The monoisotopic (exact) mass is 264 g/mol. The highest BCUT2D eigenvalue weighted by Gasteiger charge is 2.30. The van der Waals surface area contributed by atoms with Gasteiger partial charge in [0.2, 0.25) is 0 Å². The zero-order chi connectivity index (χ0) is 12.4. The van der Waals surface area contributed by atoms with Gasteiger partial charge in [-0.1, -0.05) is 0 Å². The van der Waals surface area contributed by atoms with E-state index < -0.39 is 0 Å². The molecule has 0 amide bonds. The third-order valence-corrected chi connectivity index (χ3v) is 5.04. The second-order valence-electron chi connectivity index (χ2n) is 5.11. The van der Waals surface area contributed by atoms with E-state index in [2.05, 4.69) is 16.9 Å². The maximum absolute atomic E-state index is 5.82. The third kappa shape index (κ3) is 2.20. The molecule has 0 spiro atoms. The van der Waals surface area contributed by atoms with Crippen molar-refractivity contribution in [1.82, 2.24) is 5.43 Å². The van der Waals surface area contributed by atoms with Crippen molar-refractivity contribution in [2.24, 2.45) is 5.84 Å². The molecule has 1 aliphatic heterocycles. The lowest BCUT2D eigenvalue weighted by Crippen LogP contribution is -2.42. The van der Waals surface area contributed by atoms with Crippen LogP contribution in [-0.4, -0.2) is 12.6 Å². The summed E-state index contributed by atoms with van der Waals surface area (Å²) in [6.07, 6.45) is 7.85. The quantitative estimate of drug-likeness (QED) is 0.652. The van der Waals surface area contributed by atoms with Gasteiger partial charge in [0, 0.05) is 10.8 Å². The van der Waals surface area contributed by atoms with E-state index in [-0.39, 0.29) is 6.04 Å². The summed E-state index contributed by atoms with van der Waals surface area (Å²) in [6, 6.07) is 2.51. The van der Waals surface area contributed by atoms with Gasteiger partial charge in [-0.3, -0.25) is 11.3 Å². The van der Waals surface area contributed by atoms with Crippen LogP contribution < -0.4 is 11.3 Å². The van der Waals surface area contributed by atoms with Crippen LogP contribution in [0.5, 0.6) is 0 Å². The molecule has 0 saturated carbocycles. The van der Waals surface area contributed by atoms with Crippen molar-refractivity contribution in [2.45, 2.75) is 44.1 Å². The van der Waals surface area contributed by atoms with E-state index in [1.807, 2.05) is 17.6 Å². The van der Waals surface area contributed by atoms with Crippen LogP contribution in [0.25, 0.3) is 0 Å². The predicted octanol–water partition coefficient (Wildman–Crippen LogP) is 2.69. The van der Waals surface area contributed by atoms with Gasteiger partial charge in [0.15, 0.2) is 0 Å². The molecule has 98 valence electrons. The van der Waals surface area contributed by atoms with Crippen molar-refractivity contribution in [3.63, 3.8) is 0 Å². The Morgan fingerprint density at radius 1 is 1.39 bits per heavy atom. The topological polar surface area (TPSA) is 47.3 Å². The third-order valence-electron chi connectivity index (χ3n) is 4.04. The molecule has 0 aromatic carbocycles. The van der Waals surface area contributed by atoms with Crippen molar-refractivity contribution in [1.29, 1.82) is 0 Å². The standard InChI is InChI=1S/C14H20N2OS/c15-16-14(10-3-2-7-17-9-10)12-4-1-5-13-11(12)6-8-18-13/h6,8-9,12,14,16H,1-5,7,15H2. The first kappa shape index (κ1) is 12.2. The van der Waals surface area contributed by atoms with Crippen molar-refractivity contribution >= 4 is 11.3 Å². The van der Waals surface area contributed by atoms with Gasteiger partial charge in [-0.05, 0) is 54.7 Å². The Kier molecular flexibility index (Phi) is 3.68. The fraction of sp³-hybridized carbons (Fsp3) is 0.571. The second-order valence-corrected chi connectivity index (χ2v) is 6.11. The SMILES string of the molecule is NNC(C1=COCCC1)C1CCCc2sccc21. The molecule has 18 heavy (non-hydrogen) atoms. The molecule has 4 heteroatoms. The lowest BCUT2D eigenvalue weighted by Gasteiger charge is -2.33. The number of hydrazine groups is 1. The average molecular weight is 264 g/mol. The molecule has 3 N–H and O–H groups in total. The van der Waals surface area contributed by atoms with Crippen LogP contribution in [-0.2, 0) is 11.2 Å². The molecule has 0 bridgehead atoms. The molecule has 2 atom stereocenters. The largest absolute Gasteiger partial charge is 0.501 e. The first-order valence-corrected chi connectivity index (χ1v) is 7.61. The first-order valence-electron chi connectivity index (χ1n) is 6.73. The Morgan fingerprint density at radius 2 is 2.33 bits per heavy atom. The molecule has 0 saturated heterocycles. The molecule has 1 aromatic heterocycles. The zero-order valence-corrected chi connectivity index (χ0v) is 11.3. The van der Waals surface area contributed by atoms with Crippen molar-refractivity contribution in [3.05, 3.63) is 33.7 Å². The highest BCUT2D eigenvalue weighted by Crippen LogP contribution is 2.39. The lowest BCUT2D eigenvalue weighted by molar-refractivity contribution is 0.216. The number of hydrogen-bond acceptors (Lipinski definition) is 4. The molecule has 1 aromatic rings. The summed E-state index contributed by atoms with van der Waals surface area (Å²) >= 11 is 1.88. The van der Waals surface area contributed by atoms with E-state index in [1.165, 1.54) is 30.4 Å². The molecule has 0 fully saturated rings. The molecular formula is C14H20N2OS. The number of nitrogens with two attached hydrogens (primary N) is 1. The highest BCUT2D eigenvalue weighted by atomic mass is 32.1. The van der Waals surface area contributed by atoms with E-state index in [9.17, 15) is 0 Å². The summed E-state index contributed by atoms with van der Waals surface area (Å²) in [5, 5.41) is 2.21. The van der Waals surface area contributed by atoms with Gasteiger partial charge in [-0.2, -0.15) is 0 Å². The van der Waals surface area contributed by atoms with Gasteiger partial charge in [-0.25, -0.2) is 0 Å². The van der Waals surface area contributed by atoms with Crippen LogP contribution in [0, 0.1) is 0 Å². The predicted molar refractivity (Wildman–Crippen MR) is 74.4 cm³/mol. The maximum Gasteiger partial charge on any atom is 0.0876 e. The summed E-state index contributed by atoms with van der Waals surface area (Å²) in [4.78, 5) is 1.55. The minimum absolute atomic E-state index is 0.235. The van der Waals surface area contributed by atoms with E-state index in [4.69, 9.17) is 10.6 Å². The number of nitrogens with one attached hydrogen (secondary N) is 1. The van der Waals surface area contributed by atoms with E-state index in [0.29, 0.717) is 5.92 Å². The van der Waals surface area contributed by atoms with Gasteiger partial charge in [0.05, 0.1) is 18.9 Å². The molecular weight excluding hydrogens is 244 g/mol. The van der Waals surface area contributed by atoms with Crippen LogP contribution in [0.3, 0.4) is 0 Å². The molecule has 2 aliphatic rings. The fourth-order valence-electron chi connectivity index (χ4n) is 3.16. The summed E-state index contributed by atoms with van der Waals surface area (Å²) < 4.78 is 5.47. The van der Waals surface area contributed by atoms with Crippen LogP contribution in [0.1, 0.15) is 42.0 Å². The Balaban J connectivity index is 1.87. The summed E-state index contributed by atoms with van der Waals surface area (Å²) in [5.41, 5.74) is 5.86. The minimum atomic E-state index is 0.235. The second kappa shape index (κ2) is 5.43. The Morgan fingerprint density at radius 3 is 3.11 bits per heavy atom. The number of thiophene rings is 1. The van der Waals surface area contributed by atoms with Crippen molar-refractivity contribution < 1.29 is 4.74 Å². The maximum atomic E-state index is 5.82. The minimum Gasteiger partial charge on any atom is -0.501 e. The van der Waals surface area contributed by atoms with Crippen molar-refractivity contribution in [3.8, 4) is 0 Å². The van der Waals surface area contributed by atoms with E-state index in [1.54, 1.807) is 4.88 Å². The van der Waals surface area contributed by atoms with Crippen LogP contribution in [0.2, 0.25) is 0 Å². The molecule has 1 aliphatic carbocycles. The normalized spacial score (nSPS) is 24.9. The average Bonchev–Trinajstić information content (AvgIpc) is 2.90. The first-order chi connectivity index (χ1) is 8.90. The van der Waals surface area contributed by atoms with Gasteiger partial charge in [-0.15, -0.1) is 11.3 Å². The summed E-state index contributed by atoms with van der Waals surface area (Å²) in [7, 11) is 0. The Labute approximate surface area is 112 Å².